The van der Waals surface area contributed by atoms with Crippen molar-refractivity contribution in [1.29, 1.82) is 0 Å². The highest BCUT2D eigenvalue weighted by Gasteiger charge is 2.46. The van der Waals surface area contributed by atoms with Gasteiger partial charge in [0.05, 0.1) is 24.9 Å². The Kier molecular flexibility index (Phi) is 7.54. The van der Waals surface area contributed by atoms with Crippen LogP contribution in [-0.2, 0) is 23.1 Å². The molecule has 0 bridgehead atoms. The summed E-state index contributed by atoms with van der Waals surface area (Å²) in [4.78, 5) is 11.5. The van der Waals surface area contributed by atoms with E-state index in [0.29, 0.717) is 13.0 Å². The lowest BCUT2D eigenvalue weighted by Gasteiger charge is -2.43. The number of hydrogen-bond donors (Lipinski definition) is 0. The van der Waals surface area contributed by atoms with Crippen LogP contribution >= 0.6 is 0 Å². The van der Waals surface area contributed by atoms with Crippen LogP contribution < -0.4 is 0 Å². The van der Waals surface area contributed by atoms with Crippen LogP contribution in [0.4, 0.5) is 0 Å². The zero-order valence-corrected chi connectivity index (χ0v) is 22.4. The Morgan fingerprint density at radius 2 is 1.52 bits per heavy atom. The zero-order valence-electron chi connectivity index (χ0n) is 20.4. The summed E-state index contributed by atoms with van der Waals surface area (Å²) in [5.74, 6) is -0.0996. The Morgan fingerprint density at radius 3 is 2.00 bits per heavy atom. The van der Waals surface area contributed by atoms with Crippen LogP contribution in [0, 0.1) is 0 Å². The maximum absolute atomic E-state index is 11.5. The fourth-order valence-corrected chi connectivity index (χ4v) is 5.67. The summed E-state index contributed by atoms with van der Waals surface area (Å²) in [7, 11) is -3.85. The fourth-order valence-electron chi connectivity index (χ4n) is 3.32. The van der Waals surface area contributed by atoms with Gasteiger partial charge < -0.3 is 18.3 Å². The molecular weight excluding hydrogens is 400 g/mol. The molecule has 0 N–H and O–H groups in total. The highest BCUT2D eigenvalue weighted by molar-refractivity contribution is 6.74. The first-order chi connectivity index (χ1) is 13.0. The number of ether oxygens (including phenoxy) is 2. The summed E-state index contributed by atoms with van der Waals surface area (Å²) < 4.78 is 25.3. The molecule has 2 aliphatic heterocycles. The molecule has 0 aliphatic carbocycles. The molecule has 2 fully saturated rings. The standard InChI is InChI=1S/C22H44O5Si2/c1-21(2,3)28(7,8)24-15-19(27-29(9,10)22(4,5)6)18-12-11-16(25-18)17-13-14-20(23)26-17/h16-19H,11-15H2,1-10H3/t16-,17-,18-,19-/m1/s1. The van der Waals surface area contributed by atoms with Crippen molar-refractivity contribution in [3.8, 4) is 0 Å². The second kappa shape index (κ2) is 8.73. The fraction of sp³-hybridized carbons (Fsp3) is 0.955. The summed E-state index contributed by atoms with van der Waals surface area (Å²) in [6, 6.07) is 0. The Balaban J connectivity index is 2.11. The van der Waals surface area contributed by atoms with Crippen LogP contribution in [0.3, 0.4) is 0 Å². The Bertz CT molecular complexity index is 577. The number of cyclic esters (lactones) is 1. The lowest BCUT2D eigenvalue weighted by molar-refractivity contribution is -0.148. The van der Waals surface area contributed by atoms with Gasteiger partial charge in [0.1, 0.15) is 6.10 Å². The maximum Gasteiger partial charge on any atom is 0.306 e. The topological polar surface area (TPSA) is 54.0 Å². The minimum atomic E-state index is -1.97. The van der Waals surface area contributed by atoms with E-state index in [4.69, 9.17) is 18.3 Å². The molecule has 0 unspecified atom stereocenters. The number of esters is 1. The summed E-state index contributed by atoms with van der Waals surface area (Å²) in [6.07, 6.45) is 2.94. The van der Waals surface area contributed by atoms with Crippen LogP contribution in [0.5, 0.6) is 0 Å². The molecule has 5 nitrogen and oxygen atoms in total. The van der Waals surface area contributed by atoms with Crippen LogP contribution in [0.15, 0.2) is 0 Å². The SMILES string of the molecule is CC(C)(C)[Si](C)(C)OC[C@@H](O[Si](C)(C)C(C)(C)C)[C@H]1CC[C@H]([C@H]2CCC(=O)O2)O1. The molecule has 2 rings (SSSR count). The van der Waals surface area contributed by atoms with Gasteiger partial charge in [-0.15, -0.1) is 0 Å². The van der Waals surface area contributed by atoms with Crippen LogP contribution in [0.1, 0.15) is 67.2 Å². The van der Waals surface area contributed by atoms with Gasteiger partial charge >= 0.3 is 5.97 Å². The van der Waals surface area contributed by atoms with E-state index in [-0.39, 0.29) is 40.5 Å². The molecule has 2 aliphatic rings. The highest BCUT2D eigenvalue weighted by atomic mass is 28.4. The summed E-state index contributed by atoms with van der Waals surface area (Å²) >= 11 is 0. The Hall–Kier alpha value is -0.216. The molecule has 0 aromatic rings. The number of hydrogen-bond acceptors (Lipinski definition) is 5. The average Bonchev–Trinajstić information content (AvgIpc) is 3.18. The Morgan fingerprint density at radius 1 is 0.931 bits per heavy atom. The normalized spacial score (nSPS) is 27.9. The van der Waals surface area contributed by atoms with E-state index in [1.54, 1.807) is 0 Å². The van der Waals surface area contributed by atoms with Gasteiger partial charge in [-0.3, -0.25) is 4.79 Å². The van der Waals surface area contributed by atoms with Crippen molar-refractivity contribution in [1.82, 2.24) is 0 Å². The molecule has 0 saturated carbocycles. The summed E-state index contributed by atoms with van der Waals surface area (Å²) in [5.41, 5.74) is 0. The highest BCUT2D eigenvalue weighted by Crippen LogP contribution is 2.41. The number of rotatable bonds is 7. The predicted molar refractivity (Wildman–Crippen MR) is 122 cm³/mol. The Labute approximate surface area is 180 Å². The van der Waals surface area contributed by atoms with Crippen molar-refractivity contribution < 1.29 is 23.1 Å². The smallest absolute Gasteiger partial charge is 0.306 e. The van der Waals surface area contributed by atoms with E-state index < -0.39 is 16.6 Å². The quantitative estimate of drug-likeness (QED) is 0.375. The first-order valence-electron chi connectivity index (χ1n) is 11.2. The van der Waals surface area contributed by atoms with Gasteiger partial charge in [0.25, 0.3) is 0 Å². The number of carbonyl (C=O) groups excluding carboxylic acids is 1. The van der Waals surface area contributed by atoms with E-state index in [2.05, 4.69) is 67.7 Å². The van der Waals surface area contributed by atoms with Gasteiger partial charge in [-0.2, -0.15) is 0 Å². The summed E-state index contributed by atoms with van der Waals surface area (Å²) in [6.45, 7) is 23.3. The molecule has 0 radical (unpaired) electrons. The molecule has 0 spiro atoms. The van der Waals surface area contributed by atoms with Crippen LogP contribution in [0.2, 0.25) is 36.3 Å². The number of carbonyl (C=O) groups is 1. The van der Waals surface area contributed by atoms with Gasteiger partial charge in [-0.25, -0.2) is 0 Å². The van der Waals surface area contributed by atoms with Gasteiger partial charge in [0, 0.05) is 6.42 Å². The van der Waals surface area contributed by atoms with Crippen molar-refractivity contribution >= 4 is 22.6 Å². The van der Waals surface area contributed by atoms with Crippen molar-refractivity contribution in [2.24, 2.45) is 0 Å². The summed E-state index contributed by atoms with van der Waals surface area (Å²) in [5, 5.41) is 0.285. The lowest BCUT2D eigenvalue weighted by Crippen LogP contribution is -2.51. The van der Waals surface area contributed by atoms with Crippen molar-refractivity contribution in [2.75, 3.05) is 6.61 Å². The van der Waals surface area contributed by atoms with Crippen molar-refractivity contribution in [2.45, 2.75) is 128 Å². The van der Waals surface area contributed by atoms with Gasteiger partial charge in [-0.05, 0) is 55.5 Å². The molecule has 170 valence electrons. The van der Waals surface area contributed by atoms with Crippen LogP contribution in [-0.4, -0.2) is 53.6 Å². The van der Waals surface area contributed by atoms with E-state index in [1.165, 1.54) is 0 Å². The van der Waals surface area contributed by atoms with Gasteiger partial charge in [0.2, 0.25) is 0 Å². The molecule has 2 saturated heterocycles. The average molecular weight is 445 g/mol. The second-order valence-corrected chi connectivity index (χ2v) is 21.4. The molecule has 0 aromatic heterocycles. The molecule has 0 amide bonds. The molecule has 7 heteroatoms. The second-order valence-electron chi connectivity index (χ2n) is 11.8. The van der Waals surface area contributed by atoms with E-state index in [1.807, 2.05) is 0 Å². The third kappa shape index (κ3) is 6.15. The minimum absolute atomic E-state index is 0.00167. The predicted octanol–water partition coefficient (Wildman–Crippen LogP) is 5.65. The van der Waals surface area contributed by atoms with E-state index in [0.717, 1.165) is 19.3 Å². The van der Waals surface area contributed by atoms with Crippen LogP contribution in [0.25, 0.3) is 0 Å². The molecule has 2 heterocycles. The monoisotopic (exact) mass is 444 g/mol. The maximum atomic E-state index is 11.5. The minimum Gasteiger partial charge on any atom is -0.460 e. The van der Waals surface area contributed by atoms with Crippen molar-refractivity contribution in [3.05, 3.63) is 0 Å². The van der Waals surface area contributed by atoms with Gasteiger partial charge in [0.15, 0.2) is 16.6 Å². The third-order valence-corrected chi connectivity index (χ3v) is 16.5. The zero-order chi connectivity index (χ0) is 22.3. The lowest BCUT2D eigenvalue weighted by atomic mass is 10.1. The first kappa shape index (κ1) is 25.0. The molecule has 29 heavy (non-hydrogen) atoms. The first-order valence-corrected chi connectivity index (χ1v) is 17.0. The molecular formula is C22H44O5Si2. The van der Waals surface area contributed by atoms with E-state index >= 15 is 0 Å². The third-order valence-electron chi connectivity index (χ3n) is 7.50. The van der Waals surface area contributed by atoms with E-state index in [9.17, 15) is 4.79 Å². The van der Waals surface area contributed by atoms with Crippen molar-refractivity contribution in [3.63, 3.8) is 0 Å². The largest absolute Gasteiger partial charge is 0.460 e. The molecule has 0 aromatic carbocycles. The molecule has 4 atom stereocenters. The van der Waals surface area contributed by atoms with Gasteiger partial charge in [-0.1, -0.05) is 41.5 Å².